The zero-order valence-corrected chi connectivity index (χ0v) is 21.8. The molecular formula is C28H15ClN6O7. The molecule has 3 heterocycles. The van der Waals surface area contributed by atoms with Crippen LogP contribution in [-0.4, -0.2) is 30.7 Å². The maximum Gasteiger partial charge on any atom is 0.312 e. The minimum atomic E-state index is -0.660. The van der Waals surface area contributed by atoms with Crippen LogP contribution in [0, 0.1) is 20.2 Å². The van der Waals surface area contributed by atoms with E-state index in [1.807, 2.05) is 0 Å². The van der Waals surface area contributed by atoms with Crippen LogP contribution in [-0.2, 0) is 0 Å². The van der Waals surface area contributed by atoms with Gasteiger partial charge in [-0.1, -0.05) is 23.7 Å². The largest absolute Gasteiger partial charge is 0.453 e. The van der Waals surface area contributed by atoms with Gasteiger partial charge in [0.25, 0.3) is 11.2 Å². The number of nitro groups is 2. The van der Waals surface area contributed by atoms with Crippen LogP contribution in [0.4, 0.5) is 11.4 Å². The molecule has 42 heavy (non-hydrogen) atoms. The molecule has 0 aliphatic carbocycles. The summed E-state index contributed by atoms with van der Waals surface area (Å²) < 4.78 is 12.5. The van der Waals surface area contributed by atoms with Gasteiger partial charge in [-0.25, -0.2) is 9.97 Å². The van der Waals surface area contributed by atoms with Crippen molar-refractivity contribution in [2.45, 2.75) is 0 Å². The molecule has 0 saturated carbocycles. The van der Waals surface area contributed by atoms with E-state index in [0.29, 0.717) is 26.9 Å². The van der Waals surface area contributed by atoms with Crippen LogP contribution in [0.5, 0.6) is 11.6 Å². The molecule has 0 unspecified atom stereocenters. The third-order valence-corrected chi connectivity index (χ3v) is 6.34. The molecule has 0 radical (unpaired) electrons. The Morgan fingerprint density at radius 2 is 1.81 bits per heavy atom. The summed E-state index contributed by atoms with van der Waals surface area (Å²) in [6.07, 6.45) is 2.24. The van der Waals surface area contributed by atoms with E-state index in [0.717, 1.165) is 10.9 Å². The molecule has 0 aliphatic heterocycles. The number of fused-ring (bicyclic) bond motifs is 2. The van der Waals surface area contributed by atoms with Crippen molar-refractivity contribution in [3.05, 3.63) is 126 Å². The molecular weight excluding hydrogens is 568 g/mol. The Morgan fingerprint density at radius 1 is 0.976 bits per heavy atom. The third kappa shape index (κ3) is 5.02. The van der Waals surface area contributed by atoms with Gasteiger partial charge < -0.3 is 9.15 Å². The van der Waals surface area contributed by atoms with E-state index >= 15 is 0 Å². The molecule has 3 aromatic carbocycles. The van der Waals surface area contributed by atoms with Gasteiger partial charge in [-0.15, -0.1) is 0 Å². The van der Waals surface area contributed by atoms with Crippen LogP contribution < -0.4 is 10.3 Å². The Morgan fingerprint density at radius 3 is 2.57 bits per heavy atom. The fourth-order valence-corrected chi connectivity index (χ4v) is 4.32. The molecule has 13 nitrogen and oxygen atoms in total. The lowest BCUT2D eigenvalue weighted by molar-refractivity contribution is -0.385. The molecule has 0 bridgehead atoms. The Kier molecular flexibility index (Phi) is 6.60. The number of hydrogen-bond donors (Lipinski definition) is 0. The number of para-hydroxylation sites is 1. The molecule has 206 valence electrons. The number of nitro benzene ring substituents is 1. The van der Waals surface area contributed by atoms with Gasteiger partial charge in [0.15, 0.2) is 5.76 Å². The van der Waals surface area contributed by atoms with Crippen LogP contribution in [0.25, 0.3) is 33.5 Å². The number of aromatic nitrogens is 3. The van der Waals surface area contributed by atoms with E-state index in [4.69, 9.17) is 20.8 Å². The van der Waals surface area contributed by atoms with Crippen molar-refractivity contribution >= 4 is 51.1 Å². The van der Waals surface area contributed by atoms with Crippen LogP contribution in [0.3, 0.4) is 0 Å². The molecule has 0 aliphatic rings. The van der Waals surface area contributed by atoms with Gasteiger partial charge in [-0.3, -0.25) is 25.0 Å². The maximum atomic E-state index is 13.5. The van der Waals surface area contributed by atoms with Crippen LogP contribution in [0.1, 0.15) is 5.56 Å². The highest BCUT2D eigenvalue weighted by atomic mass is 35.5. The molecule has 0 amide bonds. The highest BCUT2D eigenvalue weighted by Crippen LogP contribution is 2.32. The molecule has 0 spiro atoms. The summed E-state index contributed by atoms with van der Waals surface area (Å²) in [4.78, 5) is 43.3. The number of nitrogens with zero attached hydrogens (tertiary/aromatic N) is 6. The first-order valence-corrected chi connectivity index (χ1v) is 12.5. The number of ether oxygens (including phenoxy) is 1. The van der Waals surface area contributed by atoms with Crippen molar-refractivity contribution < 1.29 is 19.0 Å². The van der Waals surface area contributed by atoms with Crippen LogP contribution in [0.2, 0.25) is 5.02 Å². The maximum absolute atomic E-state index is 13.5. The number of halogens is 1. The second-order valence-electron chi connectivity index (χ2n) is 8.80. The molecule has 6 rings (SSSR count). The molecule has 6 aromatic rings. The van der Waals surface area contributed by atoms with Crippen molar-refractivity contribution in [3.63, 3.8) is 0 Å². The lowest BCUT2D eigenvalue weighted by Gasteiger charge is -2.08. The number of rotatable bonds is 7. The van der Waals surface area contributed by atoms with Gasteiger partial charge >= 0.3 is 5.69 Å². The van der Waals surface area contributed by atoms with Gasteiger partial charge in [-0.05, 0) is 48.5 Å². The summed E-state index contributed by atoms with van der Waals surface area (Å²) in [5, 5.41) is 28.5. The Bertz CT molecular complexity index is 2120. The van der Waals surface area contributed by atoms with Gasteiger partial charge in [0.05, 0.1) is 27.0 Å². The average molecular weight is 583 g/mol. The Labute approximate surface area is 239 Å². The summed E-state index contributed by atoms with van der Waals surface area (Å²) in [6, 6.07) is 19.9. The molecule has 14 heteroatoms. The zero-order valence-electron chi connectivity index (χ0n) is 21.1. The number of furan rings is 1. The lowest BCUT2D eigenvalue weighted by Crippen LogP contribution is -2.20. The highest BCUT2D eigenvalue weighted by molar-refractivity contribution is 6.31. The second kappa shape index (κ2) is 10.6. The molecule has 0 N–H and O–H groups in total. The minimum absolute atomic E-state index is 0.0735. The standard InChI is InChI=1S/C28H15ClN6O7/c29-18-6-9-23-17(12-18)13-25(41-23)27-32-21-4-2-1-3-20(21)28(36)33(27)31-14-16-5-8-24(22(11-16)35(39)40)42-26-10-7-19(15-30-26)34(37)38/h1-15H. The van der Waals surface area contributed by atoms with E-state index in [2.05, 4.69) is 15.1 Å². The first-order valence-electron chi connectivity index (χ1n) is 12.1. The molecule has 3 aromatic heterocycles. The van der Waals surface area contributed by atoms with E-state index in [1.54, 1.807) is 48.5 Å². The topological polar surface area (TPSA) is 169 Å². The van der Waals surface area contributed by atoms with Gasteiger partial charge in [-0.2, -0.15) is 9.78 Å². The first-order chi connectivity index (χ1) is 20.3. The van der Waals surface area contributed by atoms with E-state index in [9.17, 15) is 25.0 Å². The van der Waals surface area contributed by atoms with E-state index < -0.39 is 21.1 Å². The molecule has 0 fully saturated rings. The molecule has 0 saturated heterocycles. The zero-order chi connectivity index (χ0) is 29.4. The third-order valence-electron chi connectivity index (χ3n) is 6.10. The van der Waals surface area contributed by atoms with Crippen LogP contribution >= 0.6 is 11.6 Å². The Hall–Kier alpha value is -5.95. The van der Waals surface area contributed by atoms with E-state index in [1.165, 1.54) is 36.5 Å². The number of pyridine rings is 1. The fraction of sp³-hybridized carbons (Fsp3) is 0. The molecule has 0 atom stereocenters. The Balaban J connectivity index is 1.40. The highest BCUT2D eigenvalue weighted by Gasteiger charge is 2.19. The number of benzene rings is 3. The summed E-state index contributed by atoms with van der Waals surface area (Å²) in [5.41, 5.74) is 0.0720. The van der Waals surface area contributed by atoms with E-state index in [-0.39, 0.29) is 34.5 Å². The quantitative estimate of drug-likeness (QED) is 0.118. The number of hydrogen-bond acceptors (Lipinski definition) is 10. The predicted octanol–water partition coefficient (Wildman–Crippen LogP) is 6.35. The predicted molar refractivity (Wildman–Crippen MR) is 153 cm³/mol. The summed E-state index contributed by atoms with van der Waals surface area (Å²) in [5.74, 6) is 0.152. The van der Waals surface area contributed by atoms with Crippen molar-refractivity contribution in [2.75, 3.05) is 0 Å². The average Bonchev–Trinajstić information content (AvgIpc) is 3.40. The van der Waals surface area contributed by atoms with Crippen molar-refractivity contribution in [1.82, 2.24) is 14.6 Å². The van der Waals surface area contributed by atoms with Crippen molar-refractivity contribution in [2.24, 2.45) is 5.10 Å². The smallest absolute Gasteiger partial charge is 0.312 e. The first kappa shape index (κ1) is 26.3. The monoisotopic (exact) mass is 582 g/mol. The fourth-order valence-electron chi connectivity index (χ4n) is 4.14. The van der Waals surface area contributed by atoms with Gasteiger partial charge in [0.1, 0.15) is 11.8 Å². The van der Waals surface area contributed by atoms with Crippen molar-refractivity contribution in [1.29, 1.82) is 0 Å². The normalized spacial score (nSPS) is 11.4. The second-order valence-corrected chi connectivity index (χ2v) is 9.24. The minimum Gasteiger partial charge on any atom is -0.453 e. The van der Waals surface area contributed by atoms with Gasteiger partial charge in [0.2, 0.25) is 17.5 Å². The summed E-state index contributed by atoms with van der Waals surface area (Å²) >= 11 is 6.11. The summed E-state index contributed by atoms with van der Waals surface area (Å²) in [7, 11) is 0. The lowest BCUT2D eigenvalue weighted by atomic mass is 10.2. The van der Waals surface area contributed by atoms with Crippen LogP contribution in [0.15, 0.2) is 99.4 Å². The van der Waals surface area contributed by atoms with Crippen molar-refractivity contribution in [3.8, 4) is 23.2 Å². The van der Waals surface area contributed by atoms with Gasteiger partial charge in [0, 0.05) is 34.2 Å². The summed E-state index contributed by atoms with van der Waals surface area (Å²) in [6.45, 7) is 0. The SMILES string of the molecule is O=c1c2ccccc2nc(-c2cc3cc(Cl)ccc3o2)n1N=Cc1ccc(Oc2ccc([N+](=O)[O-])cn2)c([N+](=O)[O-])c1.